The summed E-state index contributed by atoms with van der Waals surface area (Å²) in [6.07, 6.45) is 2.96. The molecule has 0 saturated heterocycles. The molecule has 10 heteroatoms. The Kier molecular flexibility index (Phi) is 6.26. The number of para-hydroxylation sites is 1. The number of halogens is 1. The Labute approximate surface area is 209 Å². The van der Waals surface area contributed by atoms with E-state index in [1.807, 2.05) is 42.5 Å². The van der Waals surface area contributed by atoms with Gasteiger partial charge >= 0.3 is 0 Å². The van der Waals surface area contributed by atoms with Crippen LogP contribution in [0.15, 0.2) is 67.0 Å². The molecule has 174 valence electrons. The lowest BCUT2D eigenvalue weighted by molar-refractivity contribution is 0.102. The van der Waals surface area contributed by atoms with Crippen molar-refractivity contribution in [3.8, 4) is 33.9 Å². The number of methoxy groups -OCH3 is 2. The van der Waals surface area contributed by atoms with Crippen LogP contribution in [0.5, 0.6) is 11.5 Å². The molecule has 1 N–H and O–H groups in total. The molecule has 0 fully saturated rings. The van der Waals surface area contributed by atoms with E-state index in [0.29, 0.717) is 48.8 Å². The second-order valence-corrected chi connectivity index (χ2v) is 8.77. The summed E-state index contributed by atoms with van der Waals surface area (Å²) < 4.78 is 10.9. The number of aromatic nitrogens is 4. The first kappa shape index (κ1) is 22.7. The lowest BCUT2D eigenvalue weighted by atomic mass is 10.0. The maximum atomic E-state index is 13.2. The van der Waals surface area contributed by atoms with Crippen molar-refractivity contribution in [1.29, 1.82) is 0 Å². The number of ether oxygens (including phenoxy) is 2. The van der Waals surface area contributed by atoms with E-state index in [1.165, 1.54) is 17.5 Å². The molecule has 0 spiro atoms. The van der Waals surface area contributed by atoms with Gasteiger partial charge in [-0.25, -0.2) is 9.97 Å². The van der Waals surface area contributed by atoms with Gasteiger partial charge in [0.05, 0.1) is 37.9 Å². The summed E-state index contributed by atoms with van der Waals surface area (Å²) in [5.41, 5.74) is 3.88. The lowest BCUT2D eigenvalue weighted by Gasteiger charge is -2.11. The molecule has 0 bridgehead atoms. The van der Waals surface area contributed by atoms with Crippen LogP contribution in [0, 0.1) is 0 Å². The number of thiazole rings is 1. The number of nitrogens with one attached hydrogen (secondary N) is 1. The fourth-order valence-corrected chi connectivity index (χ4v) is 4.64. The minimum atomic E-state index is -0.362. The number of pyridine rings is 1. The largest absolute Gasteiger partial charge is 0.496 e. The molecule has 0 aliphatic carbocycles. The van der Waals surface area contributed by atoms with Gasteiger partial charge < -0.3 is 9.47 Å². The zero-order valence-corrected chi connectivity index (χ0v) is 20.2. The van der Waals surface area contributed by atoms with E-state index < -0.39 is 0 Å². The first-order valence-corrected chi connectivity index (χ1v) is 11.6. The van der Waals surface area contributed by atoms with Gasteiger partial charge in [0.15, 0.2) is 5.13 Å². The molecule has 0 atom stereocenters. The number of fused-ring (bicyclic) bond motifs is 1. The van der Waals surface area contributed by atoms with Crippen LogP contribution in [0.2, 0.25) is 5.02 Å². The number of hydrogen-bond acceptors (Lipinski definition) is 8. The predicted octanol–water partition coefficient (Wildman–Crippen LogP) is 5.74. The Hall–Kier alpha value is -4.08. The summed E-state index contributed by atoms with van der Waals surface area (Å²) in [5.74, 6) is 0.889. The Morgan fingerprint density at radius 3 is 2.51 bits per heavy atom. The van der Waals surface area contributed by atoms with Crippen LogP contribution in [0.25, 0.3) is 32.7 Å². The van der Waals surface area contributed by atoms with Crippen LogP contribution in [-0.4, -0.2) is 40.3 Å². The number of carbonyl (C=O) groups excluding carboxylic acids is 1. The quantitative estimate of drug-likeness (QED) is 0.315. The highest BCUT2D eigenvalue weighted by molar-refractivity contribution is 7.22. The molecule has 2 aromatic carbocycles. The van der Waals surface area contributed by atoms with E-state index in [9.17, 15) is 4.79 Å². The molecule has 0 unspecified atom stereocenters. The van der Waals surface area contributed by atoms with Gasteiger partial charge in [-0.2, -0.15) is 10.2 Å². The van der Waals surface area contributed by atoms with Crippen molar-refractivity contribution in [2.75, 3.05) is 19.5 Å². The highest BCUT2D eigenvalue weighted by atomic mass is 35.5. The van der Waals surface area contributed by atoms with Gasteiger partial charge in [-0.1, -0.05) is 41.1 Å². The molecule has 0 aliphatic heterocycles. The van der Waals surface area contributed by atoms with Crippen molar-refractivity contribution in [2.24, 2.45) is 0 Å². The highest BCUT2D eigenvalue weighted by Gasteiger charge is 2.19. The van der Waals surface area contributed by atoms with Gasteiger partial charge in [0, 0.05) is 21.7 Å². The summed E-state index contributed by atoms with van der Waals surface area (Å²) in [5, 5.41) is 11.7. The van der Waals surface area contributed by atoms with Crippen LogP contribution in [-0.2, 0) is 0 Å². The summed E-state index contributed by atoms with van der Waals surface area (Å²) >= 11 is 7.36. The van der Waals surface area contributed by atoms with Crippen LogP contribution < -0.4 is 14.8 Å². The van der Waals surface area contributed by atoms with E-state index >= 15 is 0 Å². The number of benzene rings is 2. The fraction of sp³-hybridized carbons (Fsp3) is 0.0800. The van der Waals surface area contributed by atoms with E-state index in [4.69, 9.17) is 26.1 Å². The first-order chi connectivity index (χ1) is 17.1. The Morgan fingerprint density at radius 2 is 1.69 bits per heavy atom. The zero-order valence-electron chi connectivity index (χ0n) is 18.7. The summed E-state index contributed by atoms with van der Waals surface area (Å²) in [6.45, 7) is 0. The molecule has 1 amide bonds. The molecule has 5 rings (SSSR count). The van der Waals surface area contributed by atoms with Gasteiger partial charge in [0.25, 0.3) is 5.91 Å². The number of anilines is 1. The zero-order chi connectivity index (χ0) is 24.4. The molecular formula is C25H18ClN5O3S. The average Bonchev–Trinajstić information content (AvgIpc) is 3.30. The molecule has 0 saturated carbocycles. The average molecular weight is 504 g/mol. The number of amides is 1. The van der Waals surface area contributed by atoms with Crippen LogP contribution >= 0.6 is 22.9 Å². The minimum absolute atomic E-state index is 0.350. The number of hydrogen-bond donors (Lipinski definition) is 1. The molecule has 3 heterocycles. The van der Waals surface area contributed by atoms with E-state index in [2.05, 4.69) is 20.5 Å². The number of rotatable bonds is 6. The molecule has 0 radical (unpaired) electrons. The topological polar surface area (TPSA) is 99.1 Å². The van der Waals surface area contributed by atoms with Crippen molar-refractivity contribution in [2.45, 2.75) is 0 Å². The van der Waals surface area contributed by atoms with Gasteiger partial charge in [-0.15, -0.1) is 0 Å². The van der Waals surface area contributed by atoms with Crippen molar-refractivity contribution in [3.63, 3.8) is 0 Å². The van der Waals surface area contributed by atoms with Gasteiger partial charge in [0.1, 0.15) is 21.8 Å². The summed E-state index contributed by atoms with van der Waals surface area (Å²) in [4.78, 5) is 23.1. The summed E-state index contributed by atoms with van der Waals surface area (Å²) in [7, 11) is 3.16. The lowest BCUT2D eigenvalue weighted by Crippen LogP contribution is -2.14. The minimum Gasteiger partial charge on any atom is -0.496 e. The van der Waals surface area contributed by atoms with Gasteiger partial charge in [0.2, 0.25) is 0 Å². The standard InChI is InChI=1S/C25H18ClN5O3S/c1-33-21-6-4-3-5-15(21)17-12-27-28-13-18(17)23(32)31-25-30-20-10-9-19(29-24(20)35-25)16-8-7-14(26)11-22(16)34-2/h3-13H,1-2H3,(H,30,31,32). The molecule has 5 aromatic rings. The Bertz CT molecular complexity index is 1560. The summed E-state index contributed by atoms with van der Waals surface area (Å²) in [6, 6.07) is 16.5. The third-order valence-electron chi connectivity index (χ3n) is 5.29. The maximum Gasteiger partial charge on any atom is 0.259 e. The van der Waals surface area contributed by atoms with Gasteiger partial charge in [-0.3, -0.25) is 10.1 Å². The second-order valence-electron chi connectivity index (χ2n) is 7.36. The molecule has 35 heavy (non-hydrogen) atoms. The van der Waals surface area contributed by atoms with Crippen molar-refractivity contribution in [1.82, 2.24) is 20.2 Å². The monoisotopic (exact) mass is 503 g/mol. The van der Waals surface area contributed by atoms with E-state index in [0.717, 1.165) is 11.1 Å². The number of nitrogens with zero attached hydrogens (tertiary/aromatic N) is 4. The van der Waals surface area contributed by atoms with Crippen molar-refractivity contribution < 1.29 is 14.3 Å². The van der Waals surface area contributed by atoms with Gasteiger partial charge in [-0.05, 0) is 36.4 Å². The smallest absolute Gasteiger partial charge is 0.259 e. The predicted molar refractivity (Wildman–Crippen MR) is 136 cm³/mol. The molecule has 0 aliphatic rings. The normalized spacial score (nSPS) is 10.8. The highest BCUT2D eigenvalue weighted by Crippen LogP contribution is 2.35. The van der Waals surface area contributed by atoms with Crippen LogP contribution in [0.4, 0.5) is 5.13 Å². The van der Waals surface area contributed by atoms with E-state index in [1.54, 1.807) is 32.5 Å². The third-order valence-corrected chi connectivity index (χ3v) is 6.40. The molecule has 3 aromatic heterocycles. The maximum absolute atomic E-state index is 13.2. The second kappa shape index (κ2) is 9.65. The van der Waals surface area contributed by atoms with Crippen LogP contribution in [0.1, 0.15) is 10.4 Å². The fourth-order valence-electron chi connectivity index (χ4n) is 3.65. The van der Waals surface area contributed by atoms with Crippen LogP contribution in [0.3, 0.4) is 0 Å². The third kappa shape index (κ3) is 4.51. The SMILES string of the molecule is COc1cc(Cl)ccc1-c1ccc2nc(NC(=O)c3cnncc3-c3ccccc3OC)sc2n1. The van der Waals surface area contributed by atoms with E-state index in [-0.39, 0.29) is 5.91 Å². The molecular weight excluding hydrogens is 486 g/mol. The Balaban J connectivity index is 1.46. The first-order valence-electron chi connectivity index (χ1n) is 10.4. The number of carbonyl (C=O) groups is 1. The van der Waals surface area contributed by atoms with Crippen molar-refractivity contribution >= 4 is 44.3 Å². The van der Waals surface area contributed by atoms with Crippen molar-refractivity contribution in [3.05, 3.63) is 77.6 Å². The molecule has 8 nitrogen and oxygen atoms in total. The Morgan fingerprint density at radius 1 is 0.886 bits per heavy atom.